The van der Waals surface area contributed by atoms with Crippen LogP contribution in [0, 0.1) is 11.3 Å². The van der Waals surface area contributed by atoms with Gasteiger partial charge in [0.1, 0.15) is 0 Å². The molecule has 6 heteroatoms. The molecular weight excluding hydrogens is 292 g/mol. The minimum Gasteiger partial charge on any atom is -0.477 e. The molecule has 0 amide bonds. The van der Waals surface area contributed by atoms with Crippen LogP contribution >= 0.6 is 0 Å². The predicted molar refractivity (Wildman–Crippen MR) is 85.0 cm³/mol. The second kappa shape index (κ2) is 5.94. The lowest BCUT2D eigenvalue weighted by molar-refractivity contribution is 0.0881. The largest absolute Gasteiger partial charge is 0.477 e. The number of rotatable bonds is 5. The smallest absolute Gasteiger partial charge is 0.213 e. The average molecular weight is 314 g/mol. The number of hydrogen-bond donors (Lipinski definition) is 0. The first kappa shape index (κ1) is 14.7. The summed E-state index contributed by atoms with van der Waals surface area (Å²) in [6.45, 7) is 5.26. The Hall–Kier alpha value is -1.92. The van der Waals surface area contributed by atoms with Crippen LogP contribution in [0.15, 0.2) is 36.8 Å². The molecule has 2 aliphatic heterocycles. The van der Waals surface area contributed by atoms with E-state index in [2.05, 4.69) is 21.2 Å². The molecule has 4 rings (SSSR count). The van der Waals surface area contributed by atoms with Crippen LogP contribution in [0.25, 0.3) is 0 Å². The van der Waals surface area contributed by atoms with E-state index in [-0.39, 0.29) is 5.41 Å². The van der Waals surface area contributed by atoms with E-state index in [1.807, 2.05) is 36.1 Å². The van der Waals surface area contributed by atoms with Crippen LogP contribution in [0.4, 0.5) is 0 Å². The zero-order chi connectivity index (χ0) is 15.7. The Kier molecular flexibility index (Phi) is 3.79. The third-order valence-electron chi connectivity index (χ3n) is 4.90. The molecule has 0 N–H and O–H groups in total. The molecule has 2 aromatic heterocycles. The highest BCUT2D eigenvalue weighted by atomic mass is 16.5. The highest BCUT2D eigenvalue weighted by Gasteiger charge is 2.51. The quantitative estimate of drug-likeness (QED) is 0.834. The summed E-state index contributed by atoms with van der Waals surface area (Å²) < 4.78 is 13.6. The molecule has 122 valence electrons. The van der Waals surface area contributed by atoms with Crippen molar-refractivity contribution in [2.24, 2.45) is 18.4 Å². The number of likely N-dealkylation sites (tertiary alicyclic amines) is 1. The Bertz CT molecular complexity index is 660. The van der Waals surface area contributed by atoms with Gasteiger partial charge < -0.3 is 9.47 Å². The number of fused-ring (bicyclic) bond motifs is 1. The Morgan fingerprint density at radius 3 is 3.17 bits per heavy atom. The van der Waals surface area contributed by atoms with Crippen molar-refractivity contribution in [3.8, 4) is 5.88 Å². The van der Waals surface area contributed by atoms with E-state index in [9.17, 15) is 0 Å². The topological polar surface area (TPSA) is 52.4 Å². The van der Waals surface area contributed by atoms with Gasteiger partial charge in [0.2, 0.25) is 5.88 Å². The van der Waals surface area contributed by atoms with Crippen molar-refractivity contribution in [2.45, 2.75) is 6.54 Å². The summed E-state index contributed by atoms with van der Waals surface area (Å²) in [6.07, 6.45) is 5.79. The molecule has 0 unspecified atom stereocenters. The summed E-state index contributed by atoms with van der Waals surface area (Å²) in [5.74, 6) is 1.22. The van der Waals surface area contributed by atoms with Crippen LogP contribution < -0.4 is 4.74 Å². The second-order valence-corrected chi connectivity index (χ2v) is 6.72. The van der Waals surface area contributed by atoms with Gasteiger partial charge in [0, 0.05) is 62.0 Å². The van der Waals surface area contributed by atoms with E-state index < -0.39 is 0 Å². The number of ether oxygens (including phenoxy) is 2. The Balaban J connectivity index is 1.42. The van der Waals surface area contributed by atoms with Gasteiger partial charge in [0.15, 0.2) is 0 Å². The molecule has 4 heterocycles. The van der Waals surface area contributed by atoms with Gasteiger partial charge in [0.05, 0.1) is 26.0 Å². The first-order valence-corrected chi connectivity index (χ1v) is 8.05. The maximum absolute atomic E-state index is 5.96. The van der Waals surface area contributed by atoms with E-state index in [1.54, 1.807) is 6.20 Å². The summed E-state index contributed by atoms with van der Waals surface area (Å²) in [6, 6.07) is 5.76. The van der Waals surface area contributed by atoms with Crippen molar-refractivity contribution in [1.82, 2.24) is 19.7 Å². The molecular formula is C17H22N4O2. The standard InChI is InChI=1S/C17H22N4O2/c1-20-7-14(6-19-20)8-21-9-15-10-22-12-17(15,11-21)13-23-16-4-2-3-5-18-16/h2-7,15H,8-13H2,1H3/t15-,17+/m1/s1. The lowest BCUT2D eigenvalue weighted by Gasteiger charge is -2.26. The van der Waals surface area contributed by atoms with Gasteiger partial charge in [-0.2, -0.15) is 5.10 Å². The SMILES string of the molecule is Cn1cc(CN2C[C@@H]3COC[C@]3(COc3ccccn3)C2)cn1. The monoisotopic (exact) mass is 314 g/mol. The lowest BCUT2D eigenvalue weighted by Crippen LogP contribution is -2.37. The maximum Gasteiger partial charge on any atom is 0.213 e. The van der Waals surface area contributed by atoms with Crippen molar-refractivity contribution in [1.29, 1.82) is 0 Å². The highest BCUT2D eigenvalue weighted by molar-refractivity contribution is 5.11. The van der Waals surface area contributed by atoms with Crippen molar-refractivity contribution < 1.29 is 9.47 Å². The Labute approximate surface area is 136 Å². The summed E-state index contributed by atoms with van der Waals surface area (Å²) in [5, 5.41) is 4.26. The van der Waals surface area contributed by atoms with Crippen molar-refractivity contribution in [3.05, 3.63) is 42.4 Å². The molecule has 2 fully saturated rings. The molecule has 23 heavy (non-hydrogen) atoms. The van der Waals surface area contributed by atoms with E-state index in [1.165, 1.54) is 5.56 Å². The van der Waals surface area contributed by atoms with E-state index >= 15 is 0 Å². The number of nitrogens with zero attached hydrogens (tertiary/aromatic N) is 4. The summed E-state index contributed by atoms with van der Waals surface area (Å²) in [4.78, 5) is 6.74. The zero-order valence-electron chi connectivity index (χ0n) is 13.4. The number of pyridine rings is 1. The molecule has 2 saturated heterocycles. The predicted octanol–water partition coefficient (Wildman–Crippen LogP) is 1.34. The molecule has 0 spiro atoms. The van der Waals surface area contributed by atoms with Crippen molar-refractivity contribution in [2.75, 3.05) is 32.9 Å². The van der Waals surface area contributed by atoms with Gasteiger partial charge in [-0.3, -0.25) is 9.58 Å². The minimum atomic E-state index is 0.0831. The molecule has 2 aromatic rings. The lowest BCUT2D eigenvalue weighted by atomic mass is 9.82. The van der Waals surface area contributed by atoms with Crippen LogP contribution in [0.2, 0.25) is 0 Å². The fraction of sp³-hybridized carbons (Fsp3) is 0.529. The zero-order valence-corrected chi connectivity index (χ0v) is 13.4. The molecule has 0 radical (unpaired) electrons. The molecule has 0 bridgehead atoms. The normalized spacial score (nSPS) is 27.3. The van der Waals surface area contributed by atoms with Crippen molar-refractivity contribution >= 4 is 0 Å². The average Bonchev–Trinajstić information content (AvgIpc) is 3.21. The van der Waals surface area contributed by atoms with Crippen LogP contribution in [-0.4, -0.2) is 52.6 Å². The van der Waals surface area contributed by atoms with E-state index in [0.29, 0.717) is 18.4 Å². The molecule has 2 atom stereocenters. The van der Waals surface area contributed by atoms with Gasteiger partial charge in [-0.05, 0) is 6.07 Å². The fourth-order valence-electron chi connectivity index (χ4n) is 3.73. The second-order valence-electron chi connectivity index (χ2n) is 6.72. The number of aryl methyl sites for hydroxylation is 1. The summed E-state index contributed by atoms with van der Waals surface area (Å²) in [5.41, 5.74) is 1.34. The van der Waals surface area contributed by atoms with Crippen molar-refractivity contribution in [3.63, 3.8) is 0 Å². The van der Waals surface area contributed by atoms with Crippen LogP contribution in [0.3, 0.4) is 0 Å². The fourth-order valence-corrected chi connectivity index (χ4v) is 3.73. The summed E-state index contributed by atoms with van der Waals surface area (Å²) >= 11 is 0. The number of aromatic nitrogens is 3. The molecule has 6 nitrogen and oxygen atoms in total. The third kappa shape index (κ3) is 2.96. The van der Waals surface area contributed by atoms with Gasteiger partial charge in [0.25, 0.3) is 0 Å². The van der Waals surface area contributed by atoms with Crippen LogP contribution in [-0.2, 0) is 18.3 Å². The molecule has 0 aliphatic carbocycles. The van der Waals surface area contributed by atoms with Crippen LogP contribution in [0.1, 0.15) is 5.56 Å². The Morgan fingerprint density at radius 1 is 1.43 bits per heavy atom. The third-order valence-corrected chi connectivity index (χ3v) is 4.90. The Morgan fingerprint density at radius 2 is 2.39 bits per heavy atom. The first-order valence-electron chi connectivity index (χ1n) is 8.05. The summed E-state index contributed by atoms with van der Waals surface area (Å²) in [7, 11) is 1.96. The minimum absolute atomic E-state index is 0.0831. The van der Waals surface area contributed by atoms with Crippen LogP contribution in [0.5, 0.6) is 5.88 Å². The molecule has 2 aliphatic rings. The van der Waals surface area contributed by atoms with E-state index in [4.69, 9.17) is 9.47 Å². The van der Waals surface area contributed by atoms with Gasteiger partial charge in [-0.1, -0.05) is 6.07 Å². The molecule has 0 saturated carbocycles. The highest BCUT2D eigenvalue weighted by Crippen LogP contribution is 2.42. The molecule has 0 aromatic carbocycles. The maximum atomic E-state index is 5.96. The first-order chi connectivity index (χ1) is 11.2. The van der Waals surface area contributed by atoms with E-state index in [0.717, 1.165) is 32.8 Å². The van der Waals surface area contributed by atoms with Gasteiger partial charge in [-0.25, -0.2) is 4.98 Å². The van der Waals surface area contributed by atoms with Gasteiger partial charge >= 0.3 is 0 Å². The number of hydrogen-bond acceptors (Lipinski definition) is 5. The van der Waals surface area contributed by atoms with Gasteiger partial charge in [-0.15, -0.1) is 0 Å².